The third-order valence-electron chi connectivity index (χ3n) is 12.2. The van der Waals surface area contributed by atoms with Gasteiger partial charge in [-0.25, -0.2) is 17.8 Å². The van der Waals surface area contributed by atoms with Crippen molar-refractivity contribution in [2.75, 3.05) is 79.5 Å². The zero-order valence-electron chi connectivity index (χ0n) is 36.6. The van der Waals surface area contributed by atoms with Crippen molar-refractivity contribution in [3.63, 3.8) is 0 Å². The molecule has 0 spiro atoms. The van der Waals surface area contributed by atoms with Crippen molar-refractivity contribution in [1.29, 1.82) is 0 Å². The highest BCUT2D eigenvalue weighted by atomic mass is 35.5. The van der Waals surface area contributed by atoms with E-state index in [9.17, 15) is 28.4 Å². The highest BCUT2D eigenvalue weighted by molar-refractivity contribution is 7.99. The Labute approximate surface area is 389 Å². The van der Waals surface area contributed by atoms with E-state index in [2.05, 4.69) is 36.9 Å². The Morgan fingerprint density at radius 2 is 1.57 bits per heavy atom. The molecule has 338 valence electrons. The maximum absolute atomic E-state index is 13.6. The molecule has 2 heterocycles. The number of anilines is 4. The fraction of sp³-hybridized carbons (Fsp3) is 0.306. The summed E-state index contributed by atoms with van der Waals surface area (Å²) < 4.78 is 31.8. The fourth-order valence-electron chi connectivity index (χ4n) is 8.77. The van der Waals surface area contributed by atoms with Crippen molar-refractivity contribution in [3.8, 4) is 0 Å². The number of rotatable bonds is 18. The number of carboxylic acids is 1. The van der Waals surface area contributed by atoms with Crippen LogP contribution in [0.25, 0.3) is 11.1 Å². The molecule has 0 amide bonds. The predicted molar refractivity (Wildman–Crippen MR) is 263 cm³/mol. The Morgan fingerprint density at radius 3 is 2.20 bits per heavy atom. The average Bonchev–Trinajstić information content (AvgIpc) is 4.09. The lowest BCUT2D eigenvalue weighted by Gasteiger charge is -2.37. The Bertz CT molecular complexity index is 2720. The van der Waals surface area contributed by atoms with Gasteiger partial charge in [-0.15, -0.1) is 11.8 Å². The summed E-state index contributed by atoms with van der Waals surface area (Å²) in [4.78, 5) is 32.1. The summed E-state index contributed by atoms with van der Waals surface area (Å²) in [5.41, 5.74) is 6.14. The van der Waals surface area contributed by atoms with Crippen LogP contribution < -0.4 is 19.8 Å². The first-order valence-corrected chi connectivity index (χ1v) is 24.5. The SMILES string of the molecule is CN(C)CC[C@H](CSc1ccccc1)Nc1ccc(S(=O)(=O)Nc2ccc(N3CCN(c4cccc(C5=C(c6ccc(Cl)cc6)C(C6CC6)[N+](C)=C5C(=O)O)c4)CC3)cc2)cc1[N+](=O)[O-]. The number of hydrogen-bond donors (Lipinski definition) is 3. The number of nitrogens with zero attached hydrogens (tertiary/aromatic N) is 5. The molecule has 2 atom stereocenters. The van der Waals surface area contributed by atoms with Gasteiger partial charge in [0.2, 0.25) is 0 Å². The summed E-state index contributed by atoms with van der Waals surface area (Å²) in [6, 6.07) is 36.7. The number of benzene rings is 5. The second-order valence-electron chi connectivity index (χ2n) is 17.0. The molecular weight excluding hydrogens is 882 g/mol. The normalized spacial score (nSPS) is 17.2. The van der Waals surface area contributed by atoms with Gasteiger partial charge in [0, 0.05) is 82.5 Å². The van der Waals surface area contributed by atoms with E-state index in [-0.39, 0.29) is 28.4 Å². The van der Waals surface area contributed by atoms with E-state index in [0.717, 1.165) is 70.4 Å². The van der Waals surface area contributed by atoms with Crippen molar-refractivity contribution < 1.29 is 27.8 Å². The smallest absolute Gasteiger partial charge is 0.401 e. The quantitative estimate of drug-likeness (QED) is 0.0335. The predicted octanol–water partition coefficient (Wildman–Crippen LogP) is 8.77. The van der Waals surface area contributed by atoms with Crippen LogP contribution in [0.15, 0.2) is 131 Å². The Hall–Kier alpha value is -5.87. The van der Waals surface area contributed by atoms with Gasteiger partial charge < -0.3 is 25.1 Å². The number of thioether (sulfide) groups is 1. The molecule has 2 aliphatic heterocycles. The van der Waals surface area contributed by atoms with E-state index in [1.807, 2.05) is 105 Å². The molecule has 3 aliphatic rings. The topological polar surface area (TPSA) is 151 Å². The van der Waals surface area contributed by atoms with Gasteiger partial charge in [-0.3, -0.25) is 14.8 Å². The lowest BCUT2D eigenvalue weighted by atomic mass is 9.88. The number of sulfonamides is 1. The molecule has 16 heteroatoms. The minimum Gasteiger partial charge on any atom is -0.473 e. The van der Waals surface area contributed by atoms with Gasteiger partial charge in [0.1, 0.15) is 12.7 Å². The molecule has 0 radical (unpaired) electrons. The van der Waals surface area contributed by atoms with Crippen LogP contribution in [-0.4, -0.2) is 111 Å². The molecule has 0 aromatic heterocycles. The number of carboxylic acid groups (broad SMARTS) is 1. The van der Waals surface area contributed by atoms with Gasteiger partial charge in [-0.2, -0.15) is 0 Å². The molecule has 1 unspecified atom stereocenters. The highest BCUT2D eigenvalue weighted by Gasteiger charge is 2.50. The minimum absolute atomic E-state index is 0.0341. The molecular formula is C49H53ClN7O6S2+. The molecule has 65 heavy (non-hydrogen) atoms. The maximum Gasteiger partial charge on any atom is 0.401 e. The summed E-state index contributed by atoms with van der Waals surface area (Å²) in [6.45, 7) is 3.61. The van der Waals surface area contributed by atoms with E-state index in [1.165, 1.54) is 12.1 Å². The second-order valence-corrected chi connectivity index (χ2v) is 20.2. The summed E-state index contributed by atoms with van der Waals surface area (Å²) >= 11 is 7.93. The first kappa shape index (κ1) is 45.7. The molecule has 5 aromatic carbocycles. The number of hydrogen-bond acceptors (Lipinski definition) is 10. The third kappa shape index (κ3) is 10.7. The summed E-state index contributed by atoms with van der Waals surface area (Å²) in [7, 11) is 1.68. The van der Waals surface area contributed by atoms with Crippen LogP contribution in [0.2, 0.25) is 5.02 Å². The number of piperazine rings is 1. The average molecular weight is 936 g/mol. The van der Waals surface area contributed by atoms with Crippen LogP contribution >= 0.6 is 23.4 Å². The number of likely N-dealkylation sites (N-methyl/N-ethyl adjacent to an activating group) is 1. The molecule has 3 N–H and O–H groups in total. The van der Waals surface area contributed by atoms with Crippen molar-refractivity contribution >= 4 is 84.7 Å². The van der Waals surface area contributed by atoms with Crippen molar-refractivity contribution in [1.82, 2.24) is 4.90 Å². The van der Waals surface area contributed by atoms with Crippen molar-refractivity contribution in [3.05, 3.63) is 148 Å². The number of carbonyl (C=O) groups is 1. The molecule has 5 aromatic rings. The van der Waals surface area contributed by atoms with Crippen LogP contribution in [0.4, 0.5) is 28.4 Å². The molecule has 13 nitrogen and oxygen atoms in total. The summed E-state index contributed by atoms with van der Waals surface area (Å²) in [6.07, 6.45) is 2.84. The zero-order chi connectivity index (χ0) is 45.8. The minimum atomic E-state index is -4.16. The van der Waals surface area contributed by atoms with Crippen LogP contribution in [0.3, 0.4) is 0 Å². The largest absolute Gasteiger partial charge is 0.473 e. The second kappa shape index (κ2) is 19.7. The number of nitrogens with one attached hydrogen (secondary N) is 2. The van der Waals surface area contributed by atoms with Crippen molar-refractivity contribution in [2.45, 2.75) is 41.1 Å². The summed E-state index contributed by atoms with van der Waals surface area (Å²) in [5.74, 6) is 0.102. The van der Waals surface area contributed by atoms with Gasteiger partial charge in [-0.05, 0) is 124 Å². The third-order valence-corrected chi connectivity index (χ3v) is 15.0. The number of halogens is 1. The standard InChI is InChI=1S/C49H52ClN7O6S2/c1-53(2)25-24-38(32-64-41-10-5-4-6-11-41)51-43-23-22-42(31-44(43)57(60)61)65(62,63)52-37-18-20-39(21-19-37)55-26-28-56(29-27-55)40-9-7-8-35(30-40)46-45(33-14-16-36(50)17-15-33)47(34-12-13-34)54(3)48(46)49(58)59/h4-11,14-23,30-31,34,38,47,51-52H,12-13,24-29,32H2,1-3H3/p+1/t38-,47?/m1/s1. The summed E-state index contributed by atoms with van der Waals surface area (Å²) in [5, 5.41) is 26.8. The fourth-order valence-corrected chi connectivity index (χ4v) is 11.0. The highest BCUT2D eigenvalue weighted by Crippen LogP contribution is 2.47. The lowest BCUT2D eigenvalue weighted by Crippen LogP contribution is -2.46. The van der Waals surface area contributed by atoms with E-state index in [1.54, 1.807) is 23.9 Å². The maximum atomic E-state index is 13.6. The molecule has 1 saturated carbocycles. The lowest BCUT2D eigenvalue weighted by molar-refractivity contribution is -0.521. The van der Waals surface area contributed by atoms with E-state index >= 15 is 0 Å². The van der Waals surface area contributed by atoms with Gasteiger partial charge >= 0.3 is 5.97 Å². The van der Waals surface area contributed by atoms with Crippen LogP contribution in [-0.2, 0) is 14.8 Å². The number of nitro groups is 1. The number of aliphatic carboxylic acids is 1. The van der Waals surface area contributed by atoms with Crippen LogP contribution in [0.1, 0.15) is 30.4 Å². The van der Waals surface area contributed by atoms with Crippen molar-refractivity contribution in [2.24, 2.45) is 5.92 Å². The van der Waals surface area contributed by atoms with Gasteiger partial charge in [0.25, 0.3) is 21.4 Å². The van der Waals surface area contributed by atoms with Gasteiger partial charge in [-0.1, -0.05) is 54.1 Å². The van der Waals surface area contributed by atoms with E-state index in [0.29, 0.717) is 54.3 Å². The molecule has 2 fully saturated rings. The monoisotopic (exact) mass is 934 g/mol. The van der Waals surface area contributed by atoms with Crippen LogP contribution in [0.5, 0.6) is 0 Å². The first-order valence-electron chi connectivity index (χ1n) is 21.7. The Kier molecular flexibility index (Phi) is 13.8. The molecule has 1 aliphatic carbocycles. The number of nitro benzene ring substituents is 1. The molecule has 0 bridgehead atoms. The Balaban J connectivity index is 0.930. The van der Waals surface area contributed by atoms with E-state index in [4.69, 9.17) is 11.6 Å². The Morgan fingerprint density at radius 1 is 0.892 bits per heavy atom. The zero-order valence-corrected chi connectivity index (χ0v) is 39.0. The van der Waals surface area contributed by atoms with Crippen LogP contribution in [0, 0.1) is 16.0 Å². The van der Waals surface area contributed by atoms with E-state index < -0.39 is 20.9 Å². The van der Waals surface area contributed by atoms with Gasteiger partial charge in [0.15, 0.2) is 6.04 Å². The molecule has 1 saturated heterocycles. The molecule has 8 rings (SSSR count). The first-order chi connectivity index (χ1) is 31.3. The van der Waals surface area contributed by atoms with Gasteiger partial charge in [0.05, 0.1) is 15.4 Å².